The van der Waals surface area contributed by atoms with Gasteiger partial charge in [0.25, 0.3) is 0 Å². The number of rotatable bonds is 8. The normalized spacial score (nSPS) is 39.4. The summed E-state index contributed by atoms with van der Waals surface area (Å²) in [4.78, 5) is 0. The molecule has 3 saturated carbocycles. The molecule has 3 aliphatic carbocycles. The van der Waals surface area contributed by atoms with E-state index in [1.165, 1.54) is 116 Å². The highest BCUT2D eigenvalue weighted by Crippen LogP contribution is 2.52. The highest BCUT2D eigenvalue weighted by atomic mass is 14.5. The van der Waals surface area contributed by atoms with E-state index in [0.29, 0.717) is 5.92 Å². The van der Waals surface area contributed by atoms with Gasteiger partial charge in [-0.25, -0.2) is 0 Å². The number of nitriles is 1. The predicted molar refractivity (Wildman–Crippen MR) is 120 cm³/mol. The van der Waals surface area contributed by atoms with Crippen LogP contribution in [0.4, 0.5) is 0 Å². The lowest BCUT2D eigenvalue weighted by Gasteiger charge is -2.45. The molecule has 0 aromatic heterocycles. The third-order valence-corrected chi connectivity index (χ3v) is 9.37. The molecule has 0 bridgehead atoms. The molecule has 1 heteroatoms. The van der Waals surface area contributed by atoms with Gasteiger partial charge >= 0.3 is 0 Å². The van der Waals surface area contributed by atoms with Gasteiger partial charge in [0.1, 0.15) is 0 Å². The highest BCUT2D eigenvalue weighted by Gasteiger charge is 2.44. The number of unbranched alkanes of at least 4 members (excludes halogenated alkanes) is 3. The summed E-state index contributed by atoms with van der Waals surface area (Å²) in [5.74, 6) is 4.61. The van der Waals surface area contributed by atoms with Crippen LogP contribution in [-0.2, 0) is 0 Å². The quantitative estimate of drug-likeness (QED) is 0.383. The predicted octanol–water partition coefficient (Wildman–Crippen LogP) is 8.68. The minimum absolute atomic E-state index is 0.0473. The first kappa shape index (κ1) is 22.2. The summed E-state index contributed by atoms with van der Waals surface area (Å²) in [6.07, 6.45) is 25.1. The van der Waals surface area contributed by atoms with E-state index in [2.05, 4.69) is 19.9 Å². The highest BCUT2D eigenvalue weighted by molar-refractivity contribution is 5.06. The Balaban J connectivity index is 1.41. The second kappa shape index (κ2) is 11.0. The smallest absolute Gasteiger partial charge is 0.0692 e. The summed E-state index contributed by atoms with van der Waals surface area (Å²) < 4.78 is 0. The van der Waals surface area contributed by atoms with Crippen molar-refractivity contribution in [2.45, 2.75) is 129 Å². The van der Waals surface area contributed by atoms with Crippen molar-refractivity contribution in [3.8, 4) is 6.07 Å². The Labute approximate surface area is 176 Å². The molecule has 28 heavy (non-hydrogen) atoms. The molecule has 0 unspecified atom stereocenters. The molecule has 160 valence electrons. The molecule has 3 fully saturated rings. The zero-order chi connectivity index (χ0) is 19.8. The number of hydrogen-bond donors (Lipinski definition) is 0. The Bertz CT molecular complexity index is 465. The molecule has 0 radical (unpaired) electrons. The summed E-state index contributed by atoms with van der Waals surface area (Å²) >= 11 is 0. The molecule has 0 spiro atoms. The minimum Gasteiger partial charge on any atom is -0.198 e. The lowest BCUT2D eigenvalue weighted by molar-refractivity contribution is 0.0608. The van der Waals surface area contributed by atoms with Gasteiger partial charge in [-0.1, -0.05) is 78.1 Å². The molecular weight excluding hydrogens is 338 g/mol. The van der Waals surface area contributed by atoms with Crippen molar-refractivity contribution in [1.82, 2.24) is 0 Å². The van der Waals surface area contributed by atoms with Crippen molar-refractivity contribution in [2.75, 3.05) is 0 Å². The molecule has 0 aliphatic heterocycles. The maximum Gasteiger partial charge on any atom is 0.0692 e. The van der Waals surface area contributed by atoms with Crippen molar-refractivity contribution in [3.63, 3.8) is 0 Å². The van der Waals surface area contributed by atoms with E-state index in [-0.39, 0.29) is 5.41 Å². The monoisotopic (exact) mass is 385 g/mol. The van der Waals surface area contributed by atoms with Crippen molar-refractivity contribution in [2.24, 2.45) is 35.0 Å². The first-order chi connectivity index (χ1) is 13.7. The average molecular weight is 386 g/mol. The molecule has 0 heterocycles. The largest absolute Gasteiger partial charge is 0.198 e. The van der Waals surface area contributed by atoms with Crippen LogP contribution in [0.1, 0.15) is 129 Å². The van der Waals surface area contributed by atoms with Crippen molar-refractivity contribution >= 4 is 0 Å². The van der Waals surface area contributed by atoms with Gasteiger partial charge in [0.05, 0.1) is 11.5 Å². The third-order valence-electron chi connectivity index (χ3n) is 9.37. The number of hydrogen-bond acceptors (Lipinski definition) is 1. The summed E-state index contributed by atoms with van der Waals surface area (Å²) in [5, 5.41) is 10.1. The van der Waals surface area contributed by atoms with E-state index >= 15 is 0 Å². The molecule has 0 saturated heterocycles. The van der Waals surface area contributed by atoms with Crippen LogP contribution in [0.25, 0.3) is 0 Å². The minimum atomic E-state index is 0.0473. The first-order valence-electron chi connectivity index (χ1n) is 13.1. The topological polar surface area (TPSA) is 23.8 Å². The Morgan fingerprint density at radius 2 is 1.32 bits per heavy atom. The Hall–Kier alpha value is -0.510. The lowest BCUT2D eigenvalue weighted by atomic mass is 9.58. The summed E-state index contributed by atoms with van der Waals surface area (Å²) in [7, 11) is 0. The second-order valence-corrected chi connectivity index (χ2v) is 10.9. The van der Waals surface area contributed by atoms with Gasteiger partial charge in [-0.15, -0.1) is 0 Å². The Morgan fingerprint density at radius 1 is 0.714 bits per heavy atom. The van der Waals surface area contributed by atoms with E-state index in [1.54, 1.807) is 0 Å². The van der Waals surface area contributed by atoms with Gasteiger partial charge < -0.3 is 0 Å². The molecule has 3 rings (SSSR count). The van der Waals surface area contributed by atoms with Gasteiger partial charge in [-0.3, -0.25) is 0 Å². The first-order valence-corrected chi connectivity index (χ1v) is 13.1. The molecule has 3 aliphatic rings. The fourth-order valence-corrected chi connectivity index (χ4v) is 7.17. The second-order valence-electron chi connectivity index (χ2n) is 10.9. The van der Waals surface area contributed by atoms with Crippen molar-refractivity contribution in [3.05, 3.63) is 0 Å². The number of nitrogens with zero attached hydrogens (tertiary/aromatic N) is 1. The van der Waals surface area contributed by atoms with Crippen LogP contribution in [0, 0.1) is 46.3 Å². The SMILES string of the molecule is CCCCCCC1CCC(C2CCC(C#N)(C3CCC(CC)CC3)CC2)CC1. The van der Waals surface area contributed by atoms with Crippen molar-refractivity contribution < 1.29 is 0 Å². The summed E-state index contributed by atoms with van der Waals surface area (Å²) in [5.41, 5.74) is 0.0473. The van der Waals surface area contributed by atoms with Gasteiger partial charge in [0.2, 0.25) is 0 Å². The maximum atomic E-state index is 10.1. The van der Waals surface area contributed by atoms with E-state index < -0.39 is 0 Å². The molecule has 0 amide bonds. The zero-order valence-corrected chi connectivity index (χ0v) is 19.1. The van der Waals surface area contributed by atoms with Crippen LogP contribution in [0.3, 0.4) is 0 Å². The Morgan fingerprint density at radius 3 is 1.89 bits per heavy atom. The maximum absolute atomic E-state index is 10.1. The van der Waals surface area contributed by atoms with E-state index in [0.717, 1.165) is 23.7 Å². The fraction of sp³-hybridized carbons (Fsp3) is 0.963. The summed E-state index contributed by atoms with van der Waals surface area (Å²) in [6.45, 7) is 4.66. The van der Waals surface area contributed by atoms with Gasteiger partial charge in [-0.05, 0) is 81.0 Å². The summed E-state index contributed by atoms with van der Waals surface area (Å²) in [6, 6.07) is 2.88. The molecule has 0 N–H and O–H groups in total. The molecule has 0 atom stereocenters. The van der Waals surface area contributed by atoms with Gasteiger partial charge in [0, 0.05) is 0 Å². The van der Waals surface area contributed by atoms with Crippen LogP contribution in [0.15, 0.2) is 0 Å². The van der Waals surface area contributed by atoms with Crippen molar-refractivity contribution in [1.29, 1.82) is 5.26 Å². The average Bonchev–Trinajstić information content (AvgIpc) is 2.77. The third kappa shape index (κ3) is 5.55. The van der Waals surface area contributed by atoms with Crippen LogP contribution >= 0.6 is 0 Å². The fourth-order valence-electron chi connectivity index (χ4n) is 7.17. The van der Waals surface area contributed by atoms with Crippen LogP contribution in [0.2, 0.25) is 0 Å². The van der Waals surface area contributed by atoms with E-state index in [9.17, 15) is 5.26 Å². The van der Waals surface area contributed by atoms with E-state index in [1.807, 2.05) is 0 Å². The standard InChI is InChI=1S/C27H47N/c1-3-5-6-7-8-23-9-13-24(14-10-23)25-17-19-27(21-28,20-18-25)26-15-11-22(4-2)12-16-26/h22-26H,3-20H2,1-2H3. The molecule has 1 nitrogen and oxygen atoms in total. The Kier molecular flexibility index (Phi) is 8.74. The molecule has 0 aromatic rings. The van der Waals surface area contributed by atoms with Gasteiger partial charge in [-0.2, -0.15) is 5.26 Å². The zero-order valence-electron chi connectivity index (χ0n) is 19.1. The molecular formula is C27H47N. The van der Waals surface area contributed by atoms with Crippen LogP contribution < -0.4 is 0 Å². The van der Waals surface area contributed by atoms with E-state index in [4.69, 9.17) is 0 Å². The van der Waals surface area contributed by atoms with Crippen LogP contribution in [0.5, 0.6) is 0 Å². The van der Waals surface area contributed by atoms with Crippen LogP contribution in [-0.4, -0.2) is 0 Å². The lowest BCUT2D eigenvalue weighted by Crippen LogP contribution is -2.37. The van der Waals surface area contributed by atoms with Gasteiger partial charge in [0.15, 0.2) is 0 Å². The molecule has 0 aromatic carbocycles.